The van der Waals surface area contributed by atoms with Crippen LogP contribution in [0.4, 0.5) is 0 Å². The third-order valence-corrected chi connectivity index (χ3v) is 3.32. The first-order valence-corrected chi connectivity index (χ1v) is 6.10. The van der Waals surface area contributed by atoms with Crippen molar-refractivity contribution < 1.29 is 9.74 Å². The second-order valence-corrected chi connectivity index (χ2v) is 4.84. The van der Waals surface area contributed by atoms with E-state index in [4.69, 9.17) is 0 Å². The van der Waals surface area contributed by atoms with Gasteiger partial charge in [-0.3, -0.25) is 0 Å². The van der Waals surface area contributed by atoms with Crippen LogP contribution in [-0.4, -0.2) is 40.7 Å². The number of rotatable bonds is 4. The van der Waals surface area contributed by atoms with Gasteiger partial charge in [-0.05, 0) is 41.0 Å². The number of aromatic nitrogens is 2. The van der Waals surface area contributed by atoms with Gasteiger partial charge < -0.3 is 15.7 Å². The van der Waals surface area contributed by atoms with E-state index in [1.165, 1.54) is 0 Å². The van der Waals surface area contributed by atoms with Crippen molar-refractivity contribution in [3.05, 3.63) is 23.8 Å². The summed E-state index contributed by atoms with van der Waals surface area (Å²) in [6.07, 6.45) is 0.798. The number of fused-ring (bicyclic) bond motifs is 1. The van der Waals surface area contributed by atoms with Gasteiger partial charge in [-0.2, -0.15) is 0 Å². The van der Waals surface area contributed by atoms with Gasteiger partial charge in [-0.25, -0.2) is 4.63 Å². The number of hydrogen-bond donors (Lipinski definition) is 3. The molecule has 0 radical (unpaired) electrons. The molecule has 2 heterocycles. The van der Waals surface area contributed by atoms with Gasteiger partial charge in [-0.1, -0.05) is 6.07 Å². The number of β-amino-alcohol motifs (C(OH)–C–C–N with tert-alkyl or cyclic N) is 1. The fourth-order valence-corrected chi connectivity index (χ4v) is 2.26. The van der Waals surface area contributed by atoms with Gasteiger partial charge in [-0.15, -0.1) is 24.8 Å². The fourth-order valence-electron chi connectivity index (χ4n) is 2.26. The first-order chi connectivity index (χ1) is 8.75. The van der Waals surface area contributed by atoms with Gasteiger partial charge in [0.1, 0.15) is 11.0 Å². The average Bonchev–Trinajstić information content (AvgIpc) is 2.97. The zero-order valence-corrected chi connectivity index (χ0v) is 12.5. The molecule has 0 aliphatic carbocycles. The summed E-state index contributed by atoms with van der Waals surface area (Å²) in [6, 6.07) is 5.81. The fraction of sp³-hybridized carbons (Fsp3) is 0.500. The summed E-state index contributed by atoms with van der Waals surface area (Å²) in [4.78, 5) is 0. The minimum absolute atomic E-state index is 0. The molecule has 6 nitrogen and oxygen atoms in total. The number of benzene rings is 1. The molecule has 20 heavy (non-hydrogen) atoms. The largest absolute Gasteiger partial charge is 0.387 e. The maximum atomic E-state index is 10.1. The van der Waals surface area contributed by atoms with Crippen LogP contribution < -0.4 is 10.6 Å². The summed E-state index contributed by atoms with van der Waals surface area (Å²) in [5.74, 6) is 0. The second-order valence-electron chi connectivity index (χ2n) is 4.84. The first-order valence-electron chi connectivity index (χ1n) is 6.10. The molecule has 0 spiro atoms. The minimum atomic E-state index is -0.612. The van der Waals surface area contributed by atoms with Crippen LogP contribution in [0.15, 0.2) is 22.8 Å². The molecule has 1 fully saturated rings. The normalized spacial score (nSPS) is 21.4. The molecule has 1 aromatic carbocycles. The van der Waals surface area contributed by atoms with Crippen molar-refractivity contribution in [2.24, 2.45) is 0 Å². The monoisotopic (exact) mass is 320 g/mol. The van der Waals surface area contributed by atoms with Gasteiger partial charge >= 0.3 is 0 Å². The van der Waals surface area contributed by atoms with E-state index in [-0.39, 0.29) is 24.8 Å². The lowest BCUT2D eigenvalue weighted by Crippen LogP contribution is -2.42. The molecule has 8 heteroatoms. The van der Waals surface area contributed by atoms with E-state index in [1.807, 2.05) is 18.2 Å². The van der Waals surface area contributed by atoms with Gasteiger partial charge in [0.25, 0.3) is 0 Å². The SMILES string of the molecule is Cl.Cl.OC1(CNCc2ccc3nonc3c2)CCNC1. The standard InChI is InChI=1S/C12H16N4O2.2ClH/c17-12(3-4-13-7-12)8-14-6-9-1-2-10-11(5-9)16-18-15-10;;/h1-2,5,13-14,17H,3-4,6-8H2;2*1H. The molecule has 0 bridgehead atoms. The van der Waals surface area contributed by atoms with Gasteiger partial charge in [0, 0.05) is 19.6 Å². The summed E-state index contributed by atoms with van der Waals surface area (Å²) >= 11 is 0. The van der Waals surface area contributed by atoms with Crippen molar-refractivity contribution in [2.75, 3.05) is 19.6 Å². The van der Waals surface area contributed by atoms with Crippen molar-refractivity contribution >= 4 is 35.8 Å². The third-order valence-electron chi connectivity index (χ3n) is 3.32. The topological polar surface area (TPSA) is 83.2 Å². The van der Waals surface area contributed by atoms with E-state index in [9.17, 15) is 5.11 Å². The van der Waals surface area contributed by atoms with Crippen molar-refractivity contribution in [1.29, 1.82) is 0 Å². The molecule has 112 valence electrons. The van der Waals surface area contributed by atoms with E-state index < -0.39 is 5.60 Å². The number of hydrogen-bond acceptors (Lipinski definition) is 6. The van der Waals surface area contributed by atoms with E-state index in [0.29, 0.717) is 19.6 Å². The Labute approximate surface area is 129 Å². The van der Waals surface area contributed by atoms with Gasteiger partial charge in [0.2, 0.25) is 0 Å². The van der Waals surface area contributed by atoms with Crippen molar-refractivity contribution in [2.45, 2.75) is 18.6 Å². The number of halogens is 2. The second kappa shape index (κ2) is 7.19. The van der Waals surface area contributed by atoms with E-state index in [1.54, 1.807) is 0 Å². The van der Waals surface area contributed by atoms with Crippen LogP contribution in [0.25, 0.3) is 11.0 Å². The number of aliphatic hydroxyl groups is 1. The number of nitrogens with one attached hydrogen (secondary N) is 2. The Balaban J connectivity index is 0.000001000. The van der Waals surface area contributed by atoms with Crippen LogP contribution >= 0.6 is 24.8 Å². The Kier molecular flexibility index (Phi) is 6.16. The highest BCUT2D eigenvalue weighted by atomic mass is 35.5. The molecule has 1 aliphatic rings. The zero-order chi connectivity index (χ0) is 12.4. The Morgan fingerprint density at radius 1 is 1.30 bits per heavy atom. The Morgan fingerprint density at radius 3 is 2.85 bits per heavy atom. The van der Waals surface area contributed by atoms with Crippen molar-refractivity contribution in [3.8, 4) is 0 Å². The van der Waals surface area contributed by atoms with Crippen LogP contribution in [0.1, 0.15) is 12.0 Å². The molecule has 2 aromatic rings. The summed E-state index contributed by atoms with van der Waals surface area (Å²) in [7, 11) is 0. The maximum Gasteiger partial charge on any atom is 0.135 e. The predicted octanol–water partition coefficient (Wildman–Crippen LogP) is 0.880. The van der Waals surface area contributed by atoms with Crippen molar-refractivity contribution in [3.63, 3.8) is 0 Å². The zero-order valence-electron chi connectivity index (χ0n) is 10.8. The molecule has 0 amide bonds. The van der Waals surface area contributed by atoms with Gasteiger partial charge in [0.05, 0.1) is 5.60 Å². The molecular weight excluding hydrogens is 303 g/mol. The molecule has 1 saturated heterocycles. The Hall–Kier alpha value is -0.920. The summed E-state index contributed by atoms with van der Waals surface area (Å²) in [5.41, 5.74) is 2.01. The smallest absolute Gasteiger partial charge is 0.135 e. The van der Waals surface area contributed by atoms with E-state index >= 15 is 0 Å². The van der Waals surface area contributed by atoms with E-state index in [0.717, 1.165) is 29.6 Å². The minimum Gasteiger partial charge on any atom is -0.387 e. The summed E-state index contributed by atoms with van der Waals surface area (Å²) in [6.45, 7) is 2.83. The third kappa shape index (κ3) is 3.80. The van der Waals surface area contributed by atoms with Crippen LogP contribution in [0, 0.1) is 0 Å². The molecule has 1 aromatic heterocycles. The predicted molar refractivity (Wildman–Crippen MR) is 80.4 cm³/mol. The molecular formula is C12H18Cl2N4O2. The molecule has 1 aliphatic heterocycles. The van der Waals surface area contributed by atoms with E-state index in [2.05, 4.69) is 25.6 Å². The van der Waals surface area contributed by atoms with Crippen molar-refractivity contribution in [1.82, 2.24) is 20.9 Å². The molecule has 3 N–H and O–H groups in total. The Bertz CT molecular complexity index is 543. The average molecular weight is 321 g/mol. The maximum absolute atomic E-state index is 10.1. The summed E-state index contributed by atoms with van der Waals surface area (Å²) < 4.78 is 4.65. The highest BCUT2D eigenvalue weighted by Gasteiger charge is 2.30. The van der Waals surface area contributed by atoms with Crippen LogP contribution in [0.3, 0.4) is 0 Å². The van der Waals surface area contributed by atoms with Crippen LogP contribution in [0.2, 0.25) is 0 Å². The molecule has 0 saturated carbocycles. The number of nitrogens with zero attached hydrogens (tertiary/aromatic N) is 2. The lowest BCUT2D eigenvalue weighted by molar-refractivity contribution is 0.0609. The highest BCUT2D eigenvalue weighted by Crippen LogP contribution is 2.14. The van der Waals surface area contributed by atoms with Gasteiger partial charge in [0.15, 0.2) is 0 Å². The Morgan fingerprint density at radius 2 is 2.10 bits per heavy atom. The quantitative estimate of drug-likeness (QED) is 0.775. The lowest BCUT2D eigenvalue weighted by atomic mass is 10.0. The van der Waals surface area contributed by atoms with Crippen LogP contribution in [0.5, 0.6) is 0 Å². The molecule has 1 unspecified atom stereocenters. The lowest BCUT2D eigenvalue weighted by Gasteiger charge is -2.21. The van der Waals surface area contributed by atoms with Crippen LogP contribution in [-0.2, 0) is 6.54 Å². The molecule has 1 atom stereocenters. The molecule has 3 rings (SSSR count). The first kappa shape index (κ1) is 17.1. The summed E-state index contributed by atoms with van der Waals surface area (Å²) in [5, 5.41) is 24.1. The highest BCUT2D eigenvalue weighted by molar-refractivity contribution is 5.85.